The number of nitrogens with two attached hydrogens (primary N) is 1. The molecule has 1 rings (SSSR count). The molecule has 0 aromatic heterocycles. The van der Waals surface area contributed by atoms with E-state index in [1.165, 1.54) is 12.1 Å². The van der Waals surface area contributed by atoms with Gasteiger partial charge in [0.2, 0.25) is 0 Å². The van der Waals surface area contributed by atoms with Crippen molar-refractivity contribution in [3.05, 3.63) is 34.6 Å². The van der Waals surface area contributed by atoms with Crippen LogP contribution in [-0.4, -0.2) is 17.0 Å². The molecule has 2 atom stereocenters. The van der Waals surface area contributed by atoms with Crippen LogP contribution in [-0.2, 0) is 6.42 Å². The smallest absolute Gasteiger partial charge is 0.123 e. The molecule has 0 aliphatic rings. The molecule has 102 valence electrons. The summed E-state index contributed by atoms with van der Waals surface area (Å²) in [6, 6.07) is 4.52. The quantitative estimate of drug-likeness (QED) is 0.597. The van der Waals surface area contributed by atoms with Gasteiger partial charge < -0.3 is 0 Å². The molecule has 5 heteroatoms. The molecule has 0 radical (unpaired) electrons. The molecule has 2 nitrogen and oxygen atoms in total. The molecular formula is C13H20ClFN2S. The van der Waals surface area contributed by atoms with Gasteiger partial charge in [-0.05, 0) is 36.6 Å². The fourth-order valence-corrected chi connectivity index (χ4v) is 2.73. The molecule has 0 saturated heterocycles. The van der Waals surface area contributed by atoms with Crippen molar-refractivity contribution < 1.29 is 4.39 Å². The second-order valence-corrected chi connectivity index (χ2v) is 6.23. The molecule has 0 saturated carbocycles. The summed E-state index contributed by atoms with van der Waals surface area (Å²) < 4.78 is 13.2. The van der Waals surface area contributed by atoms with Gasteiger partial charge >= 0.3 is 0 Å². The van der Waals surface area contributed by atoms with Crippen molar-refractivity contribution >= 4 is 23.4 Å². The zero-order valence-corrected chi connectivity index (χ0v) is 12.3. The second-order valence-electron chi connectivity index (χ2n) is 4.36. The second kappa shape index (κ2) is 8.00. The number of rotatable bonds is 7. The number of nitrogens with one attached hydrogen (secondary N) is 1. The first kappa shape index (κ1) is 15.8. The van der Waals surface area contributed by atoms with Crippen LogP contribution >= 0.6 is 23.4 Å². The summed E-state index contributed by atoms with van der Waals surface area (Å²) in [5, 5.41) is 1.19. The van der Waals surface area contributed by atoms with Crippen molar-refractivity contribution in [2.75, 3.05) is 5.75 Å². The van der Waals surface area contributed by atoms with E-state index in [4.69, 9.17) is 17.4 Å². The van der Waals surface area contributed by atoms with E-state index in [1.54, 1.807) is 6.07 Å². The molecule has 1 aromatic carbocycles. The number of benzene rings is 1. The fourth-order valence-electron chi connectivity index (χ4n) is 1.53. The van der Waals surface area contributed by atoms with Gasteiger partial charge in [-0.1, -0.05) is 25.4 Å². The van der Waals surface area contributed by atoms with Crippen molar-refractivity contribution in [2.45, 2.75) is 38.0 Å². The van der Waals surface area contributed by atoms with Gasteiger partial charge in [-0.15, -0.1) is 0 Å². The molecule has 0 aliphatic heterocycles. The normalized spacial score (nSPS) is 14.5. The van der Waals surface area contributed by atoms with Gasteiger partial charge in [-0.2, -0.15) is 11.8 Å². The summed E-state index contributed by atoms with van der Waals surface area (Å²) in [6.07, 6.45) is 1.76. The highest BCUT2D eigenvalue weighted by Crippen LogP contribution is 2.21. The first-order chi connectivity index (χ1) is 8.56. The van der Waals surface area contributed by atoms with Gasteiger partial charge in [0, 0.05) is 22.1 Å². The first-order valence-corrected chi connectivity index (χ1v) is 7.51. The Hall–Kier alpha value is -0.290. The van der Waals surface area contributed by atoms with Crippen LogP contribution in [0.4, 0.5) is 4.39 Å². The zero-order chi connectivity index (χ0) is 13.5. The fraction of sp³-hybridized carbons (Fsp3) is 0.538. The molecule has 18 heavy (non-hydrogen) atoms. The Kier molecular flexibility index (Phi) is 7.00. The van der Waals surface area contributed by atoms with Crippen LogP contribution in [0.1, 0.15) is 25.8 Å². The molecule has 2 unspecified atom stereocenters. The molecule has 0 aliphatic carbocycles. The van der Waals surface area contributed by atoms with Crippen LogP contribution in [0.25, 0.3) is 0 Å². The van der Waals surface area contributed by atoms with Gasteiger partial charge in [0.05, 0.1) is 0 Å². The average molecular weight is 291 g/mol. The summed E-state index contributed by atoms with van der Waals surface area (Å²) in [5.41, 5.74) is 3.57. The van der Waals surface area contributed by atoms with Crippen LogP contribution in [0.2, 0.25) is 5.02 Å². The Morgan fingerprint density at radius 2 is 2.22 bits per heavy atom. The molecular weight excluding hydrogens is 271 g/mol. The van der Waals surface area contributed by atoms with Crippen molar-refractivity contribution in [1.29, 1.82) is 0 Å². The minimum absolute atomic E-state index is 0.100. The maximum atomic E-state index is 13.2. The molecule has 0 bridgehead atoms. The van der Waals surface area contributed by atoms with Crippen molar-refractivity contribution in [3.63, 3.8) is 0 Å². The Labute approximate surface area is 117 Å². The number of halogens is 2. The number of hydrogen-bond donors (Lipinski definition) is 2. The lowest BCUT2D eigenvalue weighted by molar-refractivity contribution is 0.570. The summed E-state index contributed by atoms with van der Waals surface area (Å²) in [5.74, 6) is 6.16. The monoisotopic (exact) mass is 290 g/mol. The van der Waals surface area contributed by atoms with E-state index in [9.17, 15) is 4.39 Å². The van der Waals surface area contributed by atoms with Crippen LogP contribution in [0.15, 0.2) is 18.2 Å². The minimum atomic E-state index is -0.264. The number of hydrazine groups is 1. The Bertz CT molecular complexity index is 376. The zero-order valence-electron chi connectivity index (χ0n) is 10.7. The molecule has 3 N–H and O–H groups in total. The maximum absolute atomic E-state index is 13.2. The lowest BCUT2D eigenvalue weighted by atomic mass is 10.1. The van der Waals surface area contributed by atoms with Gasteiger partial charge in [0.15, 0.2) is 0 Å². The third-order valence-corrected chi connectivity index (χ3v) is 4.73. The minimum Gasteiger partial charge on any atom is -0.271 e. The number of hydrogen-bond acceptors (Lipinski definition) is 3. The lowest BCUT2D eigenvalue weighted by Gasteiger charge is -2.18. The SMILES string of the molecule is CCC(C)SCC(Cc1cc(F)ccc1Cl)NN. The maximum Gasteiger partial charge on any atom is 0.123 e. The predicted molar refractivity (Wildman–Crippen MR) is 78.4 cm³/mol. The predicted octanol–water partition coefficient (Wildman–Crippen LogP) is 3.39. The third-order valence-electron chi connectivity index (χ3n) is 2.87. The van der Waals surface area contributed by atoms with Gasteiger partial charge in [-0.3, -0.25) is 11.3 Å². The Balaban J connectivity index is 2.59. The topological polar surface area (TPSA) is 38.0 Å². The van der Waals surface area contributed by atoms with Crippen LogP contribution in [0.3, 0.4) is 0 Å². The van der Waals surface area contributed by atoms with Gasteiger partial charge in [0.25, 0.3) is 0 Å². The summed E-state index contributed by atoms with van der Waals surface area (Å²) in [4.78, 5) is 0. The summed E-state index contributed by atoms with van der Waals surface area (Å²) in [7, 11) is 0. The molecule has 0 spiro atoms. The number of thioether (sulfide) groups is 1. The average Bonchev–Trinajstić information content (AvgIpc) is 2.37. The molecule has 0 heterocycles. The molecule has 0 amide bonds. The standard InChI is InChI=1S/C13H20ClFN2S/c1-3-9(2)18-8-12(17-16)7-10-6-11(15)4-5-13(10)14/h4-6,9,12,17H,3,7-8,16H2,1-2H3. The van der Waals surface area contributed by atoms with E-state index in [-0.39, 0.29) is 11.9 Å². The Morgan fingerprint density at radius 3 is 2.83 bits per heavy atom. The molecule has 0 fully saturated rings. The highest BCUT2D eigenvalue weighted by atomic mass is 35.5. The van der Waals surface area contributed by atoms with Crippen LogP contribution < -0.4 is 11.3 Å². The lowest BCUT2D eigenvalue weighted by Crippen LogP contribution is -2.39. The van der Waals surface area contributed by atoms with Crippen molar-refractivity contribution in [3.8, 4) is 0 Å². The van der Waals surface area contributed by atoms with Gasteiger partial charge in [-0.25, -0.2) is 4.39 Å². The highest BCUT2D eigenvalue weighted by Gasteiger charge is 2.12. The van der Waals surface area contributed by atoms with Gasteiger partial charge in [0.1, 0.15) is 5.82 Å². The van der Waals surface area contributed by atoms with Crippen LogP contribution in [0, 0.1) is 5.82 Å². The van der Waals surface area contributed by atoms with Crippen molar-refractivity contribution in [1.82, 2.24) is 5.43 Å². The van der Waals surface area contributed by atoms with E-state index in [1.807, 2.05) is 11.8 Å². The first-order valence-electron chi connectivity index (χ1n) is 6.08. The van der Waals surface area contributed by atoms with E-state index < -0.39 is 0 Å². The summed E-state index contributed by atoms with van der Waals surface area (Å²) in [6.45, 7) is 4.35. The van der Waals surface area contributed by atoms with E-state index in [0.29, 0.717) is 16.7 Å². The highest BCUT2D eigenvalue weighted by molar-refractivity contribution is 7.99. The van der Waals surface area contributed by atoms with E-state index in [0.717, 1.165) is 17.7 Å². The Morgan fingerprint density at radius 1 is 1.50 bits per heavy atom. The third kappa shape index (κ3) is 5.14. The van der Waals surface area contributed by atoms with E-state index >= 15 is 0 Å². The van der Waals surface area contributed by atoms with Crippen LogP contribution in [0.5, 0.6) is 0 Å². The van der Waals surface area contributed by atoms with E-state index in [2.05, 4.69) is 19.3 Å². The largest absolute Gasteiger partial charge is 0.271 e. The molecule has 1 aromatic rings. The van der Waals surface area contributed by atoms with Crippen molar-refractivity contribution in [2.24, 2.45) is 5.84 Å². The summed E-state index contributed by atoms with van der Waals surface area (Å²) >= 11 is 7.90.